The molecule has 3 rings (SSSR count). The topological polar surface area (TPSA) is 100.0 Å². The molecule has 0 saturated heterocycles. The Morgan fingerprint density at radius 1 is 1.32 bits per heavy atom. The van der Waals surface area contributed by atoms with Crippen LogP contribution in [0.3, 0.4) is 0 Å². The molecular formula is C14H15N3O5. The van der Waals surface area contributed by atoms with Crippen LogP contribution in [0.4, 0.5) is 0 Å². The molecular weight excluding hydrogens is 290 g/mol. The lowest BCUT2D eigenvalue weighted by Crippen LogP contribution is -2.31. The Bertz CT molecular complexity index is 696. The smallest absolute Gasteiger partial charge is 0.335 e. The Kier molecular flexibility index (Phi) is 3.44. The third kappa shape index (κ3) is 3.00. The fourth-order valence-corrected chi connectivity index (χ4v) is 1.81. The quantitative estimate of drug-likeness (QED) is 0.797. The van der Waals surface area contributed by atoms with Gasteiger partial charge in [0.2, 0.25) is 11.8 Å². The number of carbonyl (C=O) groups is 1. The standard InChI is InChI=1S/C14H15N3O5/c1-14(2,3)22-13(18)10-6-21-12(17-10)9-5-20-11(16-9)8-4-19-7-15-8/h4-5,7,10H,6H2,1-3H3. The Hall–Kier alpha value is -2.64. The molecule has 1 aliphatic rings. The van der Waals surface area contributed by atoms with E-state index in [1.165, 1.54) is 18.9 Å². The minimum absolute atomic E-state index is 0.121. The molecule has 1 unspecified atom stereocenters. The summed E-state index contributed by atoms with van der Waals surface area (Å²) in [5.41, 5.74) is 0.293. The highest BCUT2D eigenvalue weighted by Crippen LogP contribution is 2.20. The van der Waals surface area contributed by atoms with Crippen molar-refractivity contribution in [1.29, 1.82) is 0 Å². The molecule has 1 atom stereocenters. The molecule has 116 valence electrons. The maximum atomic E-state index is 12.0. The average Bonchev–Trinajstić information content (AvgIpc) is 3.18. The van der Waals surface area contributed by atoms with Crippen LogP contribution in [0.5, 0.6) is 0 Å². The molecule has 0 bridgehead atoms. The number of ether oxygens (including phenoxy) is 2. The van der Waals surface area contributed by atoms with Crippen molar-refractivity contribution >= 4 is 11.9 Å². The number of hydrogen-bond donors (Lipinski definition) is 0. The van der Waals surface area contributed by atoms with Gasteiger partial charge in [-0.1, -0.05) is 0 Å². The first kappa shape index (κ1) is 14.3. The van der Waals surface area contributed by atoms with E-state index < -0.39 is 17.6 Å². The molecule has 0 fully saturated rings. The van der Waals surface area contributed by atoms with Gasteiger partial charge in [0.25, 0.3) is 0 Å². The van der Waals surface area contributed by atoms with E-state index >= 15 is 0 Å². The zero-order valence-corrected chi connectivity index (χ0v) is 12.4. The number of nitrogens with zero attached hydrogens (tertiary/aromatic N) is 3. The lowest BCUT2D eigenvalue weighted by molar-refractivity contribution is -0.156. The largest absolute Gasteiger partial charge is 0.473 e. The normalized spacial score (nSPS) is 18.0. The Morgan fingerprint density at radius 3 is 2.82 bits per heavy atom. The molecule has 0 radical (unpaired) electrons. The summed E-state index contributed by atoms with van der Waals surface area (Å²) in [5, 5.41) is 0. The molecule has 2 aromatic rings. The predicted molar refractivity (Wildman–Crippen MR) is 74.1 cm³/mol. The van der Waals surface area contributed by atoms with Gasteiger partial charge in [-0.25, -0.2) is 19.8 Å². The van der Waals surface area contributed by atoms with E-state index in [0.29, 0.717) is 11.4 Å². The Labute approximate surface area is 126 Å². The Morgan fingerprint density at radius 2 is 2.14 bits per heavy atom. The fourth-order valence-electron chi connectivity index (χ4n) is 1.81. The van der Waals surface area contributed by atoms with Gasteiger partial charge in [0.05, 0.1) is 0 Å². The molecule has 0 aromatic carbocycles. The molecule has 0 amide bonds. The second-order valence-corrected chi connectivity index (χ2v) is 5.71. The number of rotatable bonds is 3. The molecule has 0 N–H and O–H groups in total. The van der Waals surface area contributed by atoms with E-state index in [2.05, 4.69) is 15.0 Å². The van der Waals surface area contributed by atoms with E-state index in [9.17, 15) is 4.79 Å². The molecule has 0 aliphatic carbocycles. The van der Waals surface area contributed by atoms with Crippen LogP contribution in [0.15, 0.2) is 32.7 Å². The van der Waals surface area contributed by atoms with Crippen molar-refractivity contribution in [2.75, 3.05) is 6.61 Å². The fraction of sp³-hybridized carbons (Fsp3) is 0.429. The SMILES string of the molecule is CC(C)(C)OC(=O)C1COC(c2coc(-c3cocn3)n2)=N1. The van der Waals surface area contributed by atoms with Gasteiger partial charge in [-0.2, -0.15) is 0 Å². The first-order chi connectivity index (χ1) is 10.4. The second-order valence-electron chi connectivity index (χ2n) is 5.71. The van der Waals surface area contributed by atoms with E-state index in [4.69, 9.17) is 18.3 Å². The van der Waals surface area contributed by atoms with Crippen molar-refractivity contribution in [1.82, 2.24) is 9.97 Å². The minimum atomic E-state index is -0.693. The zero-order chi connectivity index (χ0) is 15.7. The average molecular weight is 305 g/mol. The molecule has 8 nitrogen and oxygen atoms in total. The monoisotopic (exact) mass is 305 g/mol. The van der Waals surface area contributed by atoms with E-state index in [1.807, 2.05) is 0 Å². The summed E-state index contributed by atoms with van der Waals surface area (Å²) >= 11 is 0. The van der Waals surface area contributed by atoms with Crippen LogP contribution in [-0.4, -0.2) is 40.1 Å². The molecule has 0 saturated carbocycles. The number of oxazole rings is 2. The number of aliphatic imine (C=N–C) groups is 1. The number of hydrogen-bond acceptors (Lipinski definition) is 8. The summed E-state index contributed by atoms with van der Waals surface area (Å²) in [5.74, 6) is 0.104. The van der Waals surface area contributed by atoms with Crippen molar-refractivity contribution in [3.8, 4) is 11.6 Å². The van der Waals surface area contributed by atoms with Gasteiger partial charge in [-0.15, -0.1) is 0 Å². The van der Waals surface area contributed by atoms with E-state index in [1.54, 1.807) is 20.8 Å². The van der Waals surface area contributed by atoms with Gasteiger partial charge in [0.15, 0.2) is 23.8 Å². The van der Waals surface area contributed by atoms with Gasteiger partial charge in [0.1, 0.15) is 24.7 Å². The van der Waals surface area contributed by atoms with Crippen LogP contribution in [-0.2, 0) is 14.3 Å². The van der Waals surface area contributed by atoms with Gasteiger partial charge >= 0.3 is 5.97 Å². The number of esters is 1. The van der Waals surface area contributed by atoms with Gasteiger partial charge in [-0.3, -0.25) is 0 Å². The summed E-state index contributed by atoms with van der Waals surface area (Å²) in [6.45, 7) is 5.52. The van der Waals surface area contributed by atoms with Crippen LogP contribution < -0.4 is 0 Å². The number of aromatic nitrogens is 2. The van der Waals surface area contributed by atoms with Crippen molar-refractivity contribution in [3.05, 3.63) is 24.6 Å². The highest BCUT2D eigenvalue weighted by Gasteiger charge is 2.32. The molecule has 2 aromatic heterocycles. The third-order valence-electron chi connectivity index (χ3n) is 2.70. The van der Waals surface area contributed by atoms with Crippen LogP contribution in [0.25, 0.3) is 11.6 Å². The lowest BCUT2D eigenvalue weighted by atomic mass is 10.2. The van der Waals surface area contributed by atoms with Gasteiger partial charge in [0, 0.05) is 0 Å². The maximum Gasteiger partial charge on any atom is 0.335 e. The number of carbonyl (C=O) groups excluding carboxylic acids is 1. The third-order valence-corrected chi connectivity index (χ3v) is 2.70. The molecule has 8 heteroatoms. The van der Waals surface area contributed by atoms with Crippen molar-refractivity contribution in [2.45, 2.75) is 32.4 Å². The van der Waals surface area contributed by atoms with Crippen LogP contribution >= 0.6 is 0 Å². The first-order valence-electron chi connectivity index (χ1n) is 6.70. The summed E-state index contributed by atoms with van der Waals surface area (Å²) < 4.78 is 20.8. The highest BCUT2D eigenvalue weighted by atomic mass is 16.6. The lowest BCUT2D eigenvalue weighted by Gasteiger charge is -2.20. The zero-order valence-electron chi connectivity index (χ0n) is 12.4. The van der Waals surface area contributed by atoms with Crippen molar-refractivity contribution in [3.63, 3.8) is 0 Å². The minimum Gasteiger partial charge on any atom is -0.473 e. The predicted octanol–water partition coefficient (Wildman–Crippen LogP) is 1.82. The van der Waals surface area contributed by atoms with Crippen LogP contribution in [0.2, 0.25) is 0 Å². The maximum absolute atomic E-state index is 12.0. The first-order valence-corrected chi connectivity index (χ1v) is 6.70. The second kappa shape index (κ2) is 5.28. The van der Waals surface area contributed by atoms with E-state index in [-0.39, 0.29) is 18.4 Å². The van der Waals surface area contributed by atoms with Crippen molar-refractivity contribution in [2.24, 2.45) is 4.99 Å². The van der Waals surface area contributed by atoms with Crippen LogP contribution in [0.1, 0.15) is 26.5 Å². The molecule has 3 heterocycles. The summed E-state index contributed by atoms with van der Waals surface area (Å²) in [6, 6.07) is -0.693. The summed E-state index contributed by atoms with van der Waals surface area (Å²) in [6.07, 6.45) is 4.08. The summed E-state index contributed by atoms with van der Waals surface area (Å²) in [7, 11) is 0. The van der Waals surface area contributed by atoms with Crippen LogP contribution in [0, 0.1) is 0 Å². The van der Waals surface area contributed by atoms with Gasteiger partial charge in [-0.05, 0) is 20.8 Å². The summed E-state index contributed by atoms with van der Waals surface area (Å²) in [4.78, 5) is 24.3. The Balaban J connectivity index is 1.74. The molecule has 1 aliphatic heterocycles. The highest BCUT2D eigenvalue weighted by molar-refractivity contribution is 5.96. The van der Waals surface area contributed by atoms with Gasteiger partial charge < -0.3 is 18.3 Å². The molecule has 0 spiro atoms. The van der Waals surface area contributed by atoms with Crippen molar-refractivity contribution < 1.29 is 23.1 Å². The molecule has 22 heavy (non-hydrogen) atoms. The van der Waals surface area contributed by atoms with E-state index in [0.717, 1.165) is 0 Å².